The molecule has 2 aliphatic rings. The average molecular weight is 594 g/mol. The number of nitrogens with one attached hydrogen (secondary N) is 2. The van der Waals surface area contributed by atoms with Crippen LogP contribution in [0.2, 0.25) is 5.02 Å². The summed E-state index contributed by atoms with van der Waals surface area (Å²) in [5.41, 5.74) is 2.61. The first-order valence-electron chi connectivity index (χ1n) is 12.7. The highest BCUT2D eigenvalue weighted by atomic mass is 35.5. The van der Waals surface area contributed by atoms with E-state index in [-0.39, 0.29) is 48.7 Å². The lowest BCUT2D eigenvalue weighted by Gasteiger charge is -2.31. The monoisotopic (exact) mass is 593 g/mol. The van der Waals surface area contributed by atoms with Gasteiger partial charge in [0, 0.05) is 24.2 Å². The molecule has 5 rings (SSSR count). The van der Waals surface area contributed by atoms with E-state index in [0.717, 1.165) is 5.56 Å². The van der Waals surface area contributed by atoms with Crippen molar-refractivity contribution in [3.8, 4) is 5.75 Å². The van der Waals surface area contributed by atoms with Crippen LogP contribution in [-0.4, -0.2) is 52.5 Å². The molecule has 0 aliphatic carbocycles. The summed E-state index contributed by atoms with van der Waals surface area (Å²) in [5, 5.41) is 6.40. The standard InChI is InChI=1S/C29H25ClFN5O4S/c1-40-24-12-10-19(14-21(24)30)33-26(38)16-41-29-34-22-5-3-2-4-20(22)27-35-28(39)23(36(27)29)11-13-25(37)32-15-17-6-8-18(31)9-7-17/h2-10,12,14,23H,11,13,15-16H2,1H3,(H,32,37)(H,33,38). The van der Waals surface area contributed by atoms with Crippen molar-refractivity contribution in [1.29, 1.82) is 0 Å². The van der Waals surface area contributed by atoms with Crippen LogP contribution in [0, 0.1) is 5.82 Å². The highest BCUT2D eigenvalue weighted by molar-refractivity contribution is 8.14. The lowest BCUT2D eigenvalue weighted by molar-refractivity contribution is -0.122. The summed E-state index contributed by atoms with van der Waals surface area (Å²) in [4.78, 5) is 49.1. The zero-order valence-corrected chi connectivity index (χ0v) is 23.5. The summed E-state index contributed by atoms with van der Waals surface area (Å²) in [5.74, 6) is -0.328. The Morgan fingerprint density at radius 3 is 2.61 bits per heavy atom. The van der Waals surface area contributed by atoms with Gasteiger partial charge in [-0.15, -0.1) is 0 Å². The van der Waals surface area contributed by atoms with Gasteiger partial charge in [-0.25, -0.2) is 9.38 Å². The first-order chi connectivity index (χ1) is 19.8. The molecule has 1 atom stereocenters. The number of thioether (sulfide) groups is 1. The van der Waals surface area contributed by atoms with E-state index in [9.17, 15) is 18.8 Å². The molecule has 3 aromatic carbocycles. The van der Waals surface area contributed by atoms with Crippen LogP contribution in [0.5, 0.6) is 5.75 Å². The van der Waals surface area contributed by atoms with Crippen LogP contribution in [0.3, 0.4) is 0 Å². The molecule has 3 aromatic rings. The first-order valence-corrected chi connectivity index (χ1v) is 14.1. The maximum absolute atomic E-state index is 13.1. The number of nitrogens with zero attached hydrogens (tertiary/aromatic N) is 3. The van der Waals surface area contributed by atoms with Crippen molar-refractivity contribution >= 4 is 63.5 Å². The van der Waals surface area contributed by atoms with Gasteiger partial charge in [0.1, 0.15) is 23.4 Å². The van der Waals surface area contributed by atoms with Crippen LogP contribution in [0.25, 0.3) is 0 Å². The van der Waals surface area contributed by atoms with E-state index < -0.39 is 6.04 Å². The molecule has 41 heavy (non-hydrogen) atoms. The Bertz CT molecular complexity index is 1560. The maximum atomic E-state index is 13.1. The molecule has 210 valence electrons. The minimum atomic E-state index is -0.746. The van der Waals surface area contributed by atoms with Crippen molar-refractivity contribution < 1.29 is 23.5 Å². The van der Waals surface area contributed by atoms with Crippen LogP contribution >= 0.6 is 23.4 Å². The van der Waals surface area contributed by atoms with Crippen LogP contribution in [-0.2, 0) is 20.9 Å². The average Bonchev–Trinajstić information content (AvgIpc) is 3.30. The molecule has 9 nitrogen and oxygen atoms in total. The zero-order chi connectivity index (χ0) is 28.9. The summed E-state index contributed by atoms with van der Waals surface area (Å²) < 4.78 is 18.3. The fraction of sp³-hybridized carbons (Fsp3) is 0.207. The van der Waals surface area contributed by atoms with Gasteiger partial charge in [0.05, 0.1) is 23.6 Å². The normalized spacial score (nSPS) is 15.4. The number of amidine groups is 2. The van der Waals surface area contributed by atoms with Gasteiger partial charge in [0.15, 0.2) is 5.17 Å². The Balaban J connectivity index is 1.26. The van der Waals surface area contributed by atoms with E-state index >= 15 is 0 Å². The van der Waals surface area contributed by atoms with E-state index in [1.165, 1.54) is 31.0 Å². The molecule has 0 radical (unpaired) electrons. The number of carbonyl (C=O) groups is 3. The van der Waals surface area contributed by atoms with Gasteiger partial charge in [-0.2, -0.15) is 4.99 Å². The summed E-state index contributed by atoms with van der Waals surface area (Å²) in [7, 11) is 1.51. The highest BCUT2D eigenvalue weighted by Crippen LogP contribution is 2.35. The van der Waals surface area contributed by atoms with E-state index in [1.807, 2.05) is 24.3 Å². The molecule has 0 aromatic heterocycles. The van der Waals surface area contributed by atoms with E-state index in [0.29, 0.717) is 38.7 Å². The third-order valence-corrected chi connectivity index (χ3v) is 7.67. The van der Waals surface area contributed by atoms with Gasteiger partial charge < -0.3 is 15.4 Å². The predicted molar refractivity (Wildman–Crippen MR) is 157 cm³/mol. The third-order valence-electron chi connectivity index (χ3n) is 6.42. The molecular weight excluding hydrogens is 569 g/mol. The van der Waals surface area contributed by atoms with Crippen molar-refractivity contribution in [2.24, 2.45) is 9.98 Å². The minimum Gasteiger partial charge on any atom is -0.495 e. The summed E-state index contributed by atoms with van der Waals surface area (Å²) in [6.07, 6.45) is 0.259. The number of hydrogen-bond donors (Lipinski definition) is 2. The van der Waals surface area contributed by atoms with Crippen molar-refractivity contribution in [3.63, 3.8) is 0 Å². The number of carbonyl (C=O) groups excluding carboxylic acids is 3. The second-order valence-corrected chi connectivity index (χ2v) is 10.5. The van der Waals surface area contributed by atoms with Crippen molar-refractivity contribution in [2.45, 2.75) is 25.4 Å². The topological polar surface area (TPSA) is 112 Å². The number of methoxy groups -OCH3 is 1. The summed E-state index contributed by atoms with van der Waals surface area (Å²) in [6, 6.07) is 17.4. The second kappa shape index (κ2) is 12.5. The Hall–Kier alpha value is -4.22. The van der Waals surface area contributed by atoms with Crippen LogP contribution in [0.15, 0.2) is 76.7 Å². The third kappa shape index (κ3) is 6.58. The molecule has 0 fully saturated rings. The quantitative estimate of drug-likeness (QED) is 0.364. The van der Waals surface area contributed by atoms with Crippen molar-refractivity contribution in [2.75, 3.05) is 18.2 Å². The molecule has 2 N–H and O–H groups in total. The second-order valence-electron chi connectivity index (χ2n) is 9.20. The van der Waals surface area contributed by atoms with Crippen molar-refractivity contribution in [3.05, 3.63) is 88.7 Å². The molecule has 1 unspecified atom stereocenters. The molecule has 0 saturated heterocycles. The SMILES string of the molecule is COc1ccc(NC(=O)CSC2=Nc3ccccc3C3=NC(=O)C(CCC(=O)NCc4ccc(F)cc4)N23)cc1Cl. The summed E-state index contributed by atoms with van der Waals surface area (Å²) >= 11 is 7.33. The van der Waals surface area contributed by atoms with Gasteiger partial charge in [-0.1, -0.05) is 47.6 Å². The number of rotatable bonds is 9. The van der Waals surface area contributed by atoms with Gasteiger partial charge >= 0.3 is 0 Å². The predicted octanol–water partition coefficient (Wildman–Crippen LogP) is 4.91. The van der Waals surface area contributed by atoms with Gasteiger partial charge in [-0.3, -0.25) is 19.3 Å². The molecule has 12 heteroatoms. The number of hydrogen-bond acceptors (Lipinski definition) is 7. The molecule has 2 heterocycles. The number of para-hydroxylation sites is 1. The lowest BCUT2D eigenvalue weighted by Crippen LogP contribution is -2.44. The minimum absolute atomic E-state index is 0.00744. The fourth-order valence-corrected chi connectivity index (χ4v) is 5.51. The van der Waals surface area contributed by atoms with Crippen molar-refractivity contribution in [1.82, 2.24) is 10.2 Å². The molecule has 0 saturated carbocycles. The van der Waals surface area contributed by atoms with Gasteiger partial charge in [0.2, 0.25) is 11.8 Å². The van der Waals surface area contributed by atoms with E-state index in [2.05, 4.69) is 15.6 Å². The van der Waals surface area contributed by atoms with E-state index in [1.54, 1.807) is 35.2 Å². The summed E-state index contributed by atoms with van der Waals surface area (Å²) in [6.45, 7) is 0.244. The number of benzene rings is 3. The van der Waals surface area contributed by atoms with Gasteiger partial charge in [0.25, 0.3) is 5.91 Å². The highest BCUT2D eigenvalue weighted by Gasteiger charge is 2.41. The Morgan fingerprint density at radius 1 is 1.07 bits per heavy atom. The molecular formula is C29H25ClFN5O4S. The molecule has 3 amide bonds. The maximum Gasteiger partial charge on any atom is 0.270 e. The van der Waals surface area contributed by atoms with Gasteiger partial charge in [-0.05, 0) is 54.4 Å². The fourth-order valence-electron chi connectivity index (χ4n) is 4.41. The molecule has 0 bridgehead atoms. The number of amides is 3. The number of aliphatic imine (C=N–C) groups is 2. The van der Waals surface area contributed by atoms with E-state index in [4.69, 9.17) is 21.3 Å². The Labute approximate surface area is 244 Å². The molecule has 2 aliphatic heterocycles. The first kappa shape index (κ1) is 28.3. The Kier molecular flexibility index (Phi) is 8.65. The van der Waals surface area contributed by atoms with Crippen LogP contribution in [0.4, 0.5) is 15.8 Å². The number of halogens is 2. The smallest absolute Gasteiger partial charge is 0.270 e. The largest absolute Gasteiger partial charge is 0.495 e. The van der Waals surface area contributed by atoms with Crippen LogP contribution < -0.4 is 15.4 Å². The molecule has 0 spiro atoms. The number of fused-ring (bicyclic) bond motifs is 3. The Morgan fingerprint density at radius 2 is 1.85 bits per heavy atom. The number of anilines is 1. The van der Waals surface area contributed by atoms with Crippen LogP contribution in [0.1, 0.15) is 24.0 Å². The number of ether oxygens (including phenoxy) is 1. The lowest BCUT2D eigenvalue weighted by atomic mass is 10.1. The zero-order valence-electron chi connectivity index (χ0n) is 21.9.